The summed E-state index contributed by atoms with van der Waals surface area (Å²) in [4.78, 5) is 13.9. The Bertz CT molecular complexity index is 952. The average molecular weight is 400 g/mol. The Labute approximate surface area is 166 Å². The van der Waals surface area contributed by atoms with E-state index in [9.17, 15) is 8.42 Å². The Morgan fingerprint density at radius 3 is 2.68 bits per heavy atom. The molecule has 0 aromatic carbocycles. The third-order valence-corrected chi connectivity index (χ3v) is 8.03. The molecule has 8 heteroatoms. The molecule has 3 aliphatic rings. The van der Waals surface area contributed by atoms with Crippen LogP contribution in [0.25, 0.3) is 0 Å². The van der Waals surface area contributed by atoms with E-state index in [0.29, 0.717) is 18.3 Å². The van der Waals surface area contributed by atoms with Crippen molar-refractivity contribution in [1.29, 1.82) is 0 Å². The first-order chi connectivity index (χ1) is 13.6. The number of aromatic nitrogens is 2. The summed E-state index contributed by atoms with van der Waals surface area (Å²) in [5, 5.41) is 0. The van der Waals surface area contributed by atoms with Crippen molar-refractivity contribution in [3.8, 4) is 0 Å². The van der Waals surface area contributed by atoms with E-state index in [1.54, 1.807) is 24.5 Å². The molecule has 0 amide bonds. The van der Waals surface area contributed by atoms with Crippen LogP contribution in [-0.4, -0.2) is 67.0 Å². The van der Waals surface area contributed by atoms with Crippen molar-refractivity contribution in [2.24, 2.45) is 0 Å². The van der Waals surface area contributed by atoms with E-state index >= 15 is 0 Å². The van der Waals surface area contributed by atoms with Crippen LogP contribution >= 0.6 is 0 Å². The molecule has 2 atom stereocenters. The van der Waals surface area contributed by atoms with Gasteiger partial charge >= 0.3 is 0 Å². The zero-order chi connectivity index (χ0) is 19.1. The maximum absolute atomic E-state index is 13.3. The van der Waals surface area contributed by atoms with Crippen LogP contribution < -0.4 is 4.31 Å². The predicted molar refractivity (Wildman–Crippen MR) is 107 cm³/mol. The van der Waals surface area contributed by atoms with Gasteiger partial charge in [0.1, 0.15) is 4.90 Å². The molecule has 5 rings (SSSR count). The first-order valence-electron chi connectivity index (χ1n) is 10.0. The monoisotopic (exact) mass is 399 g/mol. The summed E-state index contributed by atoms with van der Waals surface area (Å²) in [5.41, 5.74) is 1.57. The van der Waals surface area contributed by atoms with Gasteiger partial charge in [-0.1, -0.05) is 6.42 Å². The lowest BCUT2D eigenvalue weighted by Gasteiger charge is -2.45. The van der Waals surface area contributed by atoms with Gasteiger partial charge in [-0.05, 0) is 43.7 Å². The lowest BCUT2D eigenvalue weighted by molar-refractivity contribution is 0.0297. The van der Waals surface area contributed by atoms with Crippen molar-refractivity contribution in [2.75, 3.05) is 37.0 Å². The third-order valence-electron chi connectivity index (χ3n) is 6.27. The van der Waals surface area contributed by atoms with Gasteiger partial charge in [-0.3, -0.25) is 24.1 Å². The molecule has 2 fully saturated rings. The SMILES string of the molecule is O=S(=O)(c1cccnc1)N1CC(N2CCN3CCCCC3C2)c2ncccc21. The summed E-state index contributed by atoms with van der Waals surface area (Å²) in [6.45, 7) is 4.61. The molecule has 2 saturated heterocycles. The molecule has 0 aliphatic carbocycles. The highest BCUT2D eigenvalue weighted by Gasteiger charge is 2.42. The standard InChI is InChI=1S/C20H25N5O2S/c26-28(27,17-6-3-8-21-13-17)25-15-19(20-18(25)7-4-9-22-20)24-12-11-23-10-2-1-5-16(23)14-24/h3-4,6-9,13,16,19H,1-2,5,10-12,14-15H2. The molecule has 148 valence electrons. The van der Waals surface area contributed by atoms with E-state index in [1.807, 2.05) is 12.1 Å². The molecule has 0 N–H and O–H groups in total. The molecule has 0 saturated carbocycles. The second kappa shape index (κ2) is 7.09. The van der Waals surface area contributed by atoms with E-state index in [0.717, 1.165) is 25.3 Å². The molecule has 28 heavy (non-hydrogen) atoms. The Hall–Kier alpha value is -2.03. The summed E-state index contributed by atoms with van der Waals surface area (Å²) < 4.78 is 28.1. The van der Waals surface area contributed by atoms with Gasteiger partial charge in [-0.2, -0.15) is 0 Å². The number of rotatable bonds is 3. The van der Waals surface area contributed by atoms with Gasteiger partial charge < -0.3 is 0 Å². The van der Waals surface area contributed by atoms with Crippen molar-refractivity contribution in [2.45, 2.75) is 36.2 Å². The maximum atomic E-state index is 13.3. The predicted octanol–water partition coefficient (Wildman–Crippen LogP) is 1.90. The third kappa shape index (κ3) is 3.00. The van der Waals surface area contributed by atoms with Crippen LogP contribution in [0.15, 0.2) is 47.8 Å². The Balaban J connectivity index is 1.46. The maximum Gasteiger partial charge on any atom is 0.265 e. The van der Waals surface area contributed by atoms with Crippen LogP contribution in [0, 0.1) is 0 Å². The molecule has 2 aromatic rings. The van der Waals surface area contributed by atoms with E-state index in [1.165, 1.54) is 36.3 Å². The highest BCUT2D eigenvalue weighted by atomic mass is 32.2. The zero-order valence-corrected chi connectivity index (χ0v) is 16.6. The molecular weight excluding hydrogens is 374 g/mol. The molecule has 3 aliphatic heterocycles. The first-order valence-corrected chi connectivity index (χ1v) is 11.4. The molecule has 0 bridgehead atoms. The fraction of sp³-hybridized carbons (Fsp3) is 0.500. The summed E-state index contributed by atoms with van der Waals surface area (Å²) in [6.07, 6.45) is 8.58. The highest BCUT2D eigenvalue weighted by molar-refractivity contribution is 7.92. The van der Waals surface area contributed by atoms with Gasteiger partial charge in [-0.15, -0.1) is 0 Å². The van der Waals surface area contributed by atoms with Crippen LogP contribution in [0.1, 0.15) is 31.0 Å². The Kier molecular flexibility index (Phi) is 4.57. The van der Waals surface area contributed by atoms with Gasteiger partial charge in [0.2, 0.25) is 0 Å². The normalized spacial score (nSPS) is 26.1. The van der Waals surface area contributed by atoms with Crippen molar-refractivity contribution in [3.05, 3.63) is 48.5 Å². The number of pyridine rings is 2. The van der Waals surface area contributed by atoms with Crippen LogP contribution in [0.2, 0.25) is 0 Å². The molecular formula is C20H25N5O2S. The number of piperidine rings is 1. The minimum atomic E-state index is -3.65. The number of piperazine rings is 1. The van der Waals surface area contributed by atoms with Crippen molar-refractivity contribution < 1.29 is 8.42 Å². The fourth-order valence-electron chi connectivity index (χ4n) is 4.82. The number of nitrogens with zero attached hydrogens (tertiary/aromatic N) is 5. The summed E-state index contributed by atoms with van der Waals surface area (Å²) >= 11 is 0. The van der Waals surface area contributed by atoms with Gasteiger partial charge in [0, 0.05) is 44.3 Å². The van der Waals surface area contributed by atoms with Crippen LogP contribution in [-0.2, 0) is 10.0 Å². The van der Waals surface area contributed by atoms with Gasteiger partial charge in [0.15, 0.2) is 0 Å². The average Bonchev–Trinajstić information content (AvgIpc) is 3.15. The summed E-state index contributed by atoms with van der Waals surface area (Å²) in [6, 6.07) is 7.53. The number of hydrogen-bond donors (Lipinski definition) is 0. The summed E-state index contributed by atoms with van der Waals surface area (Å²) in [7, 11) is -3.65. The second-order valence-corrected chi connectivity index (χ2v) is 9.69. The number of hydrogen-bond acceptors (Lipinski definition) is 6. The smallest absolute Gasteiger partial charge is 0.265 e. The number of fused-ring (bicyclic) bond motifs is 2. The van der Waals surface area contributed by atoms with Crippen LogP contribution in [0.5, 0.6) is 0 Å². The molecule has 7 nitrogen and oxygen atoms in total. The first kappa shape index (κ1) is 18.0. The molecule has 0 radical (unpaired) electrons. The Morgan fingerprint density at radius 2 is 1.82 bits per heavy atom. The van der Waals surface area contributed by atoms with Crippen molar-refractivity contribution >= 4 is 15.7 Å². The molecule has 2 unspecified atom stereocenters. The van der Waals surface area contributed by atoms with Crippen LogP contribution in [0.4, 0.5) is 5.69 Å². The minimum absolute atomic E-state index is 0.00622. The second-order valence-electron chi connectivity index (χ2n) is 7.83. The van der Waals surface area contributed by atoms with Gasteiger partial charge in [0.25, 0.3) is 10.0 Å². The van der Waals surface area contributed by atoms with Gasteiger partial charge in [-0.25, -0.2) is 8.42 Å². The highest BCUT2D eigenvalue weighted by Crippen LogP contribution is 2.40. The fourth-order valence-corrected chi connectivity index (χ4v) is 6.27. The largest absolute Gasteiger partial charge is 0.298 e. The topological polar surface area (TPSA) is 69.6 Å². The quantitative estimate of drug-likeness (QED) is 0.785. The zero-order valence-electron chi connectivity index (χ0n) is 15.8. The van der Waals surface area contributed by atoms with E-state index in [-0.39, 0.29) is 10.9 Å². The summed E-state index contributed by atoms with van der Waals surface area (Å²) in [5.74, 6) is 0. The van der Waals surface area contributed by atoms with E-state index in [2.05, 4.69) is 19.8 Å². The lowest BCUT2D eigenvalue weighted by Crippen LogP contribution is -2.55. The van der Waals surface area contributed by atoms with Crippen LogP contribution in [0.3, 0.4) is 0 Å². The van der Waals surface area contributed by atoms with Gasteiger partial charge in [0.05, 0.1) is 24.0 Å². The molecule has 2 aromatic heterocycles. The van der Waals surface area contributed by atoms with Crippen molar-refractivity contribution in [1.82, 2.24) is 19.8 Å². The molecule has 5 heterocycles. The van der Waals surface area contributed by atoms with E-state index in [4.69, 9.17) is 0 Å². The minimum Gasteiger partial charge on any atom is -0.298 e. The van der Waals surface area contributed by atoms with Crippen molar-refractivity contribution in [3.63, 3.8) is 0 Å². The van der Waals surface area contributed by atoms with E-state index < -0.39 is 10.0 Å². The number of anilines is 1. The lowest BCUT2D eigenvalue weighted by atomic mass is 9.98. The Morgan fingerprint density at radius 1 is 0.964 bits per heavy atom. The molecule has 0 spiro atoms. The number of sulfonamides is 1.